The molecule has 2 rings (SSSR count). The molecule has 4 heteroatoms. The lowest BCUT2D eigenvalue weighted by molar-refractivity contribution is -0.135. The Kier molecular flexibility index (Phi) is 2.66. The Balaban J connectivity index is 2.15. The summed E-state index contributed by atoms with van der Waals surface area (Å²) in [6, 6.07) is 0. The van der Waals surface area contributed by atoms with Crippen LogP contribution in [0.1, 0.15) is 25.2 Å². The van der Waals surface area contributed by atoms with Crippen LogP contribution in [0.15, 0.2) is 12.4 Å². The van der Waals surface area contributed by atoms with E-state index in [2.05, 4.69) is 9.97 Å². The highest BCUT2D eigenvalue weighted by atomic mass is 16.2. The molecule has 0 saturated carbocycles. The average Bonchev–Trinajstić information content (AvgIpc) is 2.27. The van der Waals surface area contributed by atoms with Gasteiger partial charge in [0.1, 0.15) is 0 Å². The molecule has 1 aromatic rings. The Hall–Kier alpha value is -1.45. The van der Waals surface area contributed by atoms with Crippen LogP contribution in [0, 0.1) is 5.92 Å². The van der Waals surface area contributed by atoms with E-state index in [0.717, 1.165) is 24.4 Å². The molecule has 15 heavy (non-hydrogen) atoms. The number of hydrogen-bond donors (Lipinski definition) is 0. The minimum atomic E-state index is 0.0585. The van der Waals surface area contributed by atoms with E-state index in [4.69, 9.17) is 0 Å². The molecule has 2 heterocycles. The molecule has 0 aliphatic carbocycles. The van der Waals surface area contributed by atoms with Crippen molar-refractivity contribution in [1.82, 2.24) is 14.9 Å². The zero-order valence-electron chi connectivity index (χ0n) is 9.10. The number of amides is 1. The predicted octanol–water partition coefficient (Wildman–Crippen LogP) is 1.02. The second-order valence-electron chi connectivity index (χ2n) is 4.11. The van der Waals surface area contributed by atoms with Gasteiger partial charge in [0.15, 0.2) is 0 Å². The Morgan fingerprint density at radius 1 is 1.33 bits per heavy atom. The van der Waals surface area contributed by atoms with Crippen molar-refractivity contribution in [3.05, 3.63) is 23.8 Å². The highest BCUT2D eigenvalue weighted by Gasteiger charge is 2.23. The molecule has 0 spiro atoms. The van der Waals surface area contributed by atoms with Crippen LogP contribution in [-0.4, -0.2) is 27.3 Å². The van der Waals surface area contributed by atoms with Crippen molar-refractivity contribution in [2.24, 2.45) is 5.92 Å². The van der Waals surface area contributed by atoms with Crippen molar-refractivity contribution in [2.75, 3.05) is 6.54 Å². The van der Waals surface area contributed by atoms with Gasteiger partial charge in [-0.05, 0) is 0 Å². The van der Waals surface area contributed by atoms with E-state index in [-0.39, 0.29) is 11.8 Å². The van der Waals surface area contributed by atoms with E-state index in [9.17, 15) is 4.79 Å². The first-order valence-corrected chi connectivity index (χ1v) is 5.26. The predicted molar refractivity (Wildman–Crippen MR) is 56.0 cm³/mol. The third-order valence-corrected chi connectivity index (χ3v) is 2.63. The molecular weight excluding hydrogens is 190 g/mol. The topological polar surface area (TPSA) is 46.1 Å². The quantitative estimate of drug-likeness (QED) is 0.687. The number of carbonyl (C=O) groups is 1. The highest BCUT2D eigenvalue weighted by molar-refractivity contribution is 5.78. The first kappa shape index (κ1) is 10.1. The molecule has 1 aliphatic rings. The molecule has 0 fully saturated rings. The van der Waals surface area contributed by atoms with Gasteiger partial charge in [0.05, 0.1) is 17.9 Å². The van der Waals surface area contributed by atoms with Gasteiger partial charge in [-0.3, -0.25) is 14.8 Å². The van der Waals surface area contributed by atoms with Crippen molar-refractivity contribution in [1.29, 1.82) is 0 Å². The van der Waals surface area contributed by atoms with Crippen LogP contribution in [0.3, 0.4) is 0 Å². The molecule has 1 aromatic heterocycles. The number of hydrogen-bond acceptors (Lipinski definition) is 3. The Labute approximate surface area is 89.3 Å². The van der Waals surface area contributed by atoms with Gasteiger partial charge in [-0.1, -0.05) is 13.8 Å². The van der Waals surface area contributed by atoms with E-state index >= 15 is 0 Å². The fraction of sp³-hybridized carbons (Fsp3) is 0.545. The SMILES string of the molecule is CC(C)C(=O)N1CCc2nccnc2C1. The molecule has 1 aliphatic heterocycles. The van der Waals surface area contributed by atoms with Crippen molar-refractivity contribution in [3.8, 4) is 0 Å². The molecule has 0 radical (unpaired) electrons. The van der Waals surface area contributed by atoms with Crippen LogP contribution in [0.25, 0.3) is 0 Å². The Bertz CT molecular complexity index is 376. The molecule has 0 aromatic carbocycles. The number of rotatable bonds is 1. The lowest BCUT2D eigenvalue weighted by atomic mass is 10.1. The number of carbonyl (C=O) groups excluding carboxylic acids is 1. The summed E-state index contributed by atoms with van der Waals surface area (Å²) in [6.07, 6.45) is 4.21. The molecule has 0 unspecified atom stereocenters. The minimum Gasteiger partial charge on any atom is -0.336 e. The van der Waals surface area contributed by atoms with Crippen LogP contribution >= 0.6 is 0 Å². The number of nitrogens with zero attached hydrogens (tertiary/aromatic N) is 3. The fourth-order valence-electron chi connectivity index (χ4n) is 1.79. The van der Waals surface area contributed by atoms with E-state index in [1.54, 1.807) is 12.4 Å². The summed E-state index contributed by atoms with van der Waals surface area (Å²) in [5.74, 6) is 0.259. The number of fused-ring (bicyclic) bond motifs is 1. The summed E-state index contributed by atoms with van der Waals surface area (Å²) in [4.78, 5) is 22.2. The monoisotopic (exact) mass is 205 g/mol. The smallest absolute Gasteiger partial charge is 0.225 e. The van der Waals surface area contributed by atoms with E-state index in [1.165, 1.54) is 0 Å². The Morgan fingerprint density at radius 2 is 2.00 bits per heavy atom. The number of aromatic nitrogens is 2. The van der Waals surface area contributed by atoms with Gasteiger partial charge in [0.25, 0.3) is 0 Å². The third-order valence-electron chi connectivity index (χ3n) is 2.63. The lowest BCUT2D eigenvalue weighted by Crippen LogP contribution is -2.39. The van der Waals surface area contributed by atoms with E-state index in [1.807, 2.05) is 18.7 Å². The van der Waals surface area contributed by atoms with Crippen LogP contribution in [0.2, 0.25) is 0 Å². The van der Waals surface area contributed by atoms with Gasteiger partial charge in [-0.25, -0.2) is 0 Å². The van der Waals surface area contributed by atoms with Crippen molar-refractivity contribution in [2.45, 2.75) is 26.8 Å². The van der Waals surface area contributed by atoms with Crippen molar-refractivity contribution in [3.63, 3.8) is 0 Å². The summed E-state index contributed by atoms with van der Waals surface area (Å²) >= 11 is 0. The summed E-state index contributed by atoms with van der Waals surface area (Å²) < 4.78 is 0. The van der Waals surface area contributed by atoms with Gasteiger partial charge >= 0.3 is 0 Å². The third kappa shape index (κ3) is 1.98. The maximum atomic E-state index is 11.8. The van der Waals surface area contributed by atoms with Gasteiger partial charge in [-0.2, -0.15) is 0 Å². The average molecular weight is 205 g/mol. The normalized spacial score (nSPS) is 15.3. The Morgan fingerprint density at radius 3 is 2.67 bits per heavy atom. The molecular formula is C11H15N3O. The van der Waals surface area contributed by atoms with Gasteiger partial charge in [0, 0.05) is 31.3 Å². The van der Waals surface area contributed by atoms with Gasteiger partial charge < -0.3 is 4.90 Å². The maximum absolute atomic E-state index is 11.8. The van der Waals surface area contributed by atoms with Crippen LogP contribution in [0.4, 0.5) is 0 Å². The first-order valence-electron chi connectivity index (χ1n) is 5.26. The van der Waals surface area contributed by atoms with E-state index in [0.29, 0.717) is 6.54 Å². The molecule has 0 atom stereocenters. The lowest BCUT2D eigenvalue weighted by Gasteiger charge is -2.28. The maximum Gasteiger partial charge on any atom is 0.225 e. The zero-order chi connectivity index (χ0) is 10.8. The highest BCUT2D eigenvalue weighted by Crippen LogP contribution is 2.15. The largest absolute Gasteiger partial charge is 0.336 e. The van der Waals surface area contributed by atoms with Crippen LogP contribution in [-0.2, 0) is 17.8 Å². The minimum absolute atomic E-state index is 0.0585. The standard InChI is InChI=1S/C11H15N3O/c1-8(2)11(15)14-6-3-9-10(7-14)13-5-4-12-9/h4-5,8H,3,6-7H2,1-2H3. The summed E-state index contributed by atoms with van der Waals surface area (Å²) in [5, 5.41) is 0. The molecule has 0 N–H and O–H groups in total. The zero-order valence-corrected chi connectivity index (χ0v) is 9.10. The molecule has 80 valence electrons. The molecule has 1 amide bonds. The van der Waals surface area contributed by atoms with Crippen molar-refractivity contribution >= 4 is 5.91 Å². The van der Waals surface area contributed by atoms with Gasteiger partial charge in [-0.15, -0.1) is 0 Å². The summed E-state index contributed by atoms with van der Waals surface area (Å²) in [7, 11) is 0. The summed E-state index contributed by atoms with van der Waals surface area (Å²) in [5.41, 5.74) is 1.98. The van der Waals surface area contributed by atoms with Crippen molar-refractivity contribution < 1.29 is 4.79 Å². The fourth-order valence-corrected chi connectivity index (χ4v) is 1.79. The van der Waals surface area contributed by atoms with Crippen LogP contribution in [0.5, 0.6) is 0 Å². The molecule has 4 nitrogen and oxygen atoms in total. The van der Waals surface area contributed by atoms with Gasteiger partial charge in [0.2, 0.25) is 5.91 Å². The molecule has 0 bridgehead atoms. The van der Waals surface area contributed by atoms with Crippen LogP contribution < -0.4 is 0 Å². The summed E-state index contributed by atoms with van der Waals surface area (Å²) in [6.45, 7) is 5.23. The molecule has 0 saturated heterocycles. The second kappa shape index (κ2) is 3.96. The second-order valence-corrected chi connectivity index (χ2v) is 4.11. The van der Waals surface area contributed by atoms with E-state index < -0.39 is 0 Å². The first-order chi connectivity index (χ1) is 7.18.